The molecule has 1 rings (SSSR count). The fourth-order valence-electron chi connectivity index (χ4n) is 1.94. The van der Waals surface area contributed by atoms with E-state index in [2.05, 4.69) is 5.32 Å². The molecule has 0 radical (unpaired) electrons. The Morgan fingerprint density at radius 1 is 1.33 bits per heavy atom. The van der Waals surface area contributed by atoms with Crippen LogP contribution in [0.25, 0.3) is 0 Å². The number of esters is 1. The molecule has 1 atom stereocenters. The van der Waals surface area contributed by atoms with E-state index in [0.717, 1.165) is 24.3 Å². The summed E-state index contributed by atoms with van der Waals surface area (Å²) in [4.78, 5) is 11.6. The second-order valence-corrected chi connectivity index (χ2v) is 4.78. The Kier molecular flexibility index (Phi) is 8.47. The van der Waals surface area contributed by atoms with Gasteiger partial charge in [0.05, 0.1) is 13.7 Å². The summed E-state index contributed by atoms with van der Waals surface area (Å²) in [5.41, 5.74) is 1.07. The quantitative estimate of drug-likeness (QED) is 0.641. The molecule has 1 aromatic rings. The molecule has 2 N–H and O–H groups in total. The van der Waals surface area contributed by atoms with Gasteiger partial charge in [-0.2, -0.15) is 0 Å². The normalized spacial score (nSPS) is 12.0. The lowest BCUT2D eigenvalue weighted by atomic mass is 10.1. The lowest BCUT2D eigenvalue weighted by Crippen LogP contribution is -2.39. The maximum Gasteiger partial charge on any atom is 0.322 e. The molecule has 0 aliphatic carbocycles. The second-order valence-electron chi connectivity index (χ2n) is 4.78. The average Bonchev–Trinajstić information content (AvgIpc) is 2.51. The first-order valence-electron chi connectivity index (χ1n) is 7.35. The van der Waals surface area contributed by atoms with E-state index in [1.807, 2.05) is 31.2 Å². The van der Waals surface area contributed by atoms with Gasteiger partial charge in [0, 0.05) is 13.0 Å². The molecule has 0 saturated carbocycles. The summed E-state index contributed by atoms with van der Waals surface area (Å²) in [5, 5.41) is 12.0. The molecule has 5 heteroatoms. The summed E-state index contributed by atoms with van der Waals surface area (Å²) >= 11 is 0. The maximum atomic E-state index is 11.6. The van der Waals surface area contributed by atoms with Crippen molar-refractivity contribution in [2.24, 2.45) is 0 Å². The van der Waals surface area contributed by atoms with Gasteiger partial charge in [0.15, 0.2) is 0 Å². The average molecular weight is 295 g/mol. The van der Waals surface area contributed by atoms with Gasteiger partial charge in [-0.3, -0.25) is 4.79 Å². The minimum Gasteiger partial charge on any atom is -0.494 e. The van der Waals surface area contributed by atoms with Crippen LogP contribution in [0.15, 0.2) is 24.3 Å². The van der Waals surface area contributed by atoms with Gasteiger partial charge in [0.25, 0.3) is 0 Å². The van der Waals surface area contributed by atoms with Crippen molar-refractivity contribution in [3.05, 3.63) is 29.8 Å². The number of carbonyl (C=O) groups excluding carboxylic acids is 1. The Balaban J connectivity index is 2.40. The zero-order chi connectivity index (χ0) is 15.5. The molecule has 5 nitrogen and oxygen atoms in total. The lowest BCUT2D eigenvalue weighted by molar-refractivity contribution is -0.143. The third-order valence-electron chi connectivity index (χ3n) is 3.13. The maximum absolute atomic E-state index is 11.6. The third-order valence-corrected chi connectivity index (χ3v) is 3.13. The smallest absolute Gasteiger partial charge is 0.322 e. The number of hydrogen-bond donors (Lipinski definition) is 2. The summed E-state index contributed by atoms with van der Waals surface area (Å²) in [5.74, 6) is 0.501. The minimum atomic E-state index is -0.330. The van der Waals surface area contributed by atoms with Crippen LogP contribution in [-0.2, 0) is 16.0 Å². The number of carbonyl (C=O) groups is 1. The monoisotopic (exact) mass is 295 g/mol. The SMILES string of the molecule is CCCNC(CCOc1ccc(CCO)cc1)C(=O)OC. The van der Waals surface area contributed by atoms with Crippen LogP contribution in [0.5, 0.6) is 5.75 Å². The largest absolute Gasteiger partial charge is 0.494 e. The highest BCUT2D eigenvalue weighted by molar-refractivity contribution is 5.75. The van der Waals surface area contributed by atoms with Gasteiger partial charge in [-0.05, 0) is 37.1 Å². The van der Waals surface area contributed by atoms with E-state index in [-0.39, 0.29) is 18.6 Å². The Hall–Kier alpha value is -1.59. The van der Waals surface area contributed by atoms with E-state index in [4.69, 9.17) is 14.6 Å². The Labute approximate surface area is 126 Å². The fourth-order valence-corrected chi connectivity index (χ4v) is 1.94. The second kappa shape index (κ2) is 10.2. The van der Waals surface area contributed by atoms with E-state index < -0.39 is 0 Å². The summed E-state index contributed by atoms with van der Waals surface area (Å²) in [7, 11) is 1.39. The molecule has 0 aliphatic heterocycles. The number of ether oxygens (including phenoxy) is 2. The van der Waals surface area contributed by atoms with Crippen LogP contribution < -0.4 is 10.1 Å². The van der Waals surface area contributed by atoms with Gasteiger partial charge < -0.3 is 19.9 Å². The van der Waals surface area contributed by atoms with Crippen LogP contribution in [0, 0.1) is 0 Å². The number of aliphatic hydroxyl groups excluding tert-OH is 1. The number of methoxy groups -OCH3 is 1. The van der Waals surface area contributed by atoms with Gasteiger partial charge in [0.1, 0.15) is 11.8 Å². The van der Waals surface area contributed by atoms with Gasteiger partial charge in [-0.15, -0.1) is 0 Å². The first-order chi connectivity index (χ1) is 10.2. The van der Waals surface area contributed by atoms with Crippen LogP contribution in [0.4, 0.5) is 0 Å². The fraction of sp³-hybridized carbons (Fsp3) is 0.562. The lowest BCUT2D eigenvalue weighted by Gasteiger charge is -2.16. The summed E-state index contributed by atoms with van der Waals surface area (Å²) < 4.78 is 10.4. The Morgan fingerprint density at radius 3 is 2.62 bits per heavy atom. The predicted octanol–water partition coefficient (Wildman–Crippen LogP) is 1.53. The number of aliphatic hydroxyl groups is 1. The summed E-state index contributed by atoms with van der Waals surface area (Å²) in [6.45, 7) is 3.40. The standard InChI is InChI=1S/C16H25NO4/c1-3-10-17-15(16(19)20-2)9-12-21-14-6-4-13(5-7-14)8-11-18/h4-7,15,17-18H,3,8-12H2,1-2H3. The van der Waals surface area contributed by atoms with Crippen LogP contribution in [0.1, 0.15) is 25.3 Å². The number of rotatable bonds is 10. The molecular formula is C16H25NO4. The summed E-state index contributed by atoms with van der Waals surface area (Å²) in [6.07, 6.45) is 2.16. The van der Waals surface area contributed by atoms with Crippen molar-refractivity contribution in [2.75, 3.05) is 26.9 Å². The molecule has 0 saturated heterocycles. The van der Waals surface area contributed by atoms with Crippen LogP contribution in [0.2, 0.25) is 0 Å². The molecule has 0 aromatic heterocycles. The Morgan fingerprint density at radius 2 is 2.05 bits per heavy atom. The van der Waals surface area contributed by atoms with Crippen LogP contribution >= 0.6 is 0 Å². The van der Waals surface area contributed by atoms with Gasteiger partial charge >= 0.3 is 5.97 Å². The van der Waals surface area contributed by atoms with Crippen molar-refractivity contribution in [1.29, 1.82) is 0 Å². The van der Waals surface area contributed by atoms with E-state index in [9.17, 15) is 4.79 Å². The summed E-state index contributed by atoms with van der Waals surface area (Å²) in [6, 6.07) is 7.27. The van der Waals surface area contributed by atoms with Gasteiger partial charge in [-0.1, -0.05) is 19.1 Å². The van der Waals surface area contributed by atoms with Gasteiger partial charge in [0.2, 0.25) is 0 Å². The molecule has 0 spiro atoms. The van der Waals surface area contributed by atoms with E-state index in [1.165, 1.54) is 7.11 Å². The molecular weight excluding hydrogens is 270 g/mol. The first-order valence-corrected chi connectivity index (χ1v) is 7.35. The molecule has 118 valence electrons. The molecule has 0 bridgehead atoms. The van der Waals surface area contributed by atoms with Crippen LogP contribution in [0.3, 0.4) is 0 Å². The van der Waals surface area contributed by atoms with Crippen molar-refractivity contribution in [3.8, 4) is 5.75 Å². The molecule has 0 fully saturated rings. The zero-order valence-corrected chi connectivity index (χ0v) is 12.8. The van der Waals surface area contributed by atoms with Crippen molar-refractivity contribution < 1.29 is 19.4 Å². The molecule has 0 amide bonds. The van der Waals surface area contributed by atoms with Crippen LogP contribution in [-0.4, -0.2) is 44.0 Å². The molecule has 21 heavy (non-hydrogen) atoms. The number of benzene rings is 1. The zero-order valence-electron chi connectivity index (χ0n) is 12.8. The molecule has 1 aromatic carbocycles. The highest BCUT2D eigenvalue weighted by Crippen LogP contribution is 2.13. The topological polar surface area (TPSA) is 67.8 Å². The van der Waals surface area contributed by atoms with E-state index in [1.54, 1.807) is 0 Å². The third kappa shape index (κ3) is 6.60. The molecule has 0 aliphatic rings. The number of hydrogen-bond acceptors (Lipinski definition) is 5. The van der Waals surface area contributed by atoms with Gasteiger partial charge in [-0.25, -0.2) is 0 Å². The van der Waals surface area contributed by atoms with Crippen molar-refractivity contribution in [3.63, 3.8) is 0 Å². The van der Waals surface area contributed by atoms with Crippen molar-refractivity contribution in [2.45, 2.75) is 32.2 Å². The highest BCUT2D eigenvalue weighted by atomic mass is 16.5. The van der Waals surface area contributed by atoms with Crippen molar-refractivity contribution in [1.82, 2.24) is 5.32 Å². The van der Waals surface area contributed by atoms with E-state index in [0.29, 0.717) is 19.4 Å². The first kappa shape index (κ1) is 17.5. The van der Waals surface area contributed by atoms with Crippen molar-refractivity contribution >= 4 is 5.97 Å². The predicted molar refractivity (Wildman–Crippen MR) is 81.4 cm³/mol. The number of nitrogens with one attached hydrogen (secondary N) is 1. The van der Waals surface area contributed by atoms with E-state index >= 15 is 0 Å². The minimum absolute atomic E-state index is 0.143. The Bertz CT molecular complexity index is 405. The highest BCUT2D eigenvalue weighted by Gasteiger charge is 2.17. The molecule has 1 unspecified atom stereocenters. The molecule has 0 heterocycles.